The van der Waals surface area contributed by atoms with Crippen LogP contribution in [0.3, 0.4) is 0 Å². The van der Waals surface area contributed by atoms with E-state index < -0.39 is 11.9 Å². The molecule has 0 radical (unpaired) electrons. The molecule has 132 valence electrons. The van der Waals surface area contributed by atoms with Crippen molar-refractivity contribution < 1.29 is 24.2 Å². The van der Waals surface area contributed by atoms with E-state index in [0.29, 0.717) is 12.2 Å². The first kappa shape index (κ1) is 18.4. The first-order valence-electron chi connectivity index (χ1n) is 7.64. The quantitative estimate of drug-likeness (QED) is 0.628. The Morgan fingerprint density at radius 3 is 2.44 bits per heavy atom. The lowest BCUT2D eigenvalue weighted by Crippen LogP contribution is -2.22. The van der Waals surface area contributed by atoms with Gasteiger partial charge in [0.05, 0.1) is 5.69 Å². The highest BCUT2D eigenvalue weighted by Gasteiger charge is 2.22. The minimum Gasteiger partial charge on any atom is -0.478 e. The number of aliphatic carboxylic acids is 2. The molecule has 0 saturated carbocycles. The fourth-order valence-corrected chi connectivity index (χ4v) is 2.74. The summed E-state index contributed by atoms with van der Waals surface area (Å²) in [5, 5.41) is 15.6. The van der Waals surface area contributed by atoms with Crippen LogP contribution in [-0.2, 0) is 22.6 Å². The Bertz CT molecular complexity index is 808. The topological polar surface area (TPSA) is 106 Å². The molecule has 1 aliphatic rings. The van der Waals surface area contributed by atoms with E-state index in [1.165, 1.54) is 17.3 Å². The van der Waals surface area contributed by atoms with E-state index in [9.17, 15) is 14.0 Å². The van der Waals surface area contributed by atoms with Gasteiger partial charge in [-0.1, -0.05) is 0 Å². The van der Waals surface area contributed by atoms with Crippen molar-refractivity contribution in [1.29, 1.82) is 0 Å². The van der Waals surface area contributed by atoms with Crippen LogP contribution < -0.4 is 5.73 Å². The molecule has 1 aromatic carbocycles. The second-order valence-corrected chi connectivity index (χ2v) is 5.81. The zero-order valence-electron chi connectivity index (χ0n) is 13.6. The molecule has 1 unspecified atom stereocenters. The molecule has 3 rings (SSSR count). The monoisotopic (exact) mass is 346 g/mol. The number of carbonyl (C=O) groups is 2. The van der Waals surface area contributed by atoms with Gasteiger partial charge in [-0.05, 0) is 42.3 Å². The van der Waals surface area contributed by atoms with Crippen molar-refractivity contribution in [3.05, 3.63) is 59.6 Å². The second-order valence-electron chi connectivity index (χ2n) is 5.81. The highest BCUT2D eigenvalue weighted by molar-refractivity contribution is 5.89. The van der Waals surface area contributed by atoms with E-state index >= 15 is 0 Å². The molecule has 0 bridgehead atoms. The third-order valence-electron chi connectivity index (χ3n) is 3.60. The maximum absolute atomic E-state index is 13.2. The molecule has 2 aromatic rings. The number of hydrogen-bond donors (Lipinski definition) is 3. The van der Waals surface area contributed by atoms with Crippen molar-refractivity contribution in [3.63, 3.8) is 0 Å². The molecular formula is C18H19FN2O4. The molecule has 1 atom stereocenters. The number of carboxylic acids is 2. The van der Waals surface area contributed by atoms with E-state index in [2.05, 4.69) is 16.8 Å². The van der Waals surface area contributed by atoms with Gasteiger partial charge in [0, 0.05) is 42.9 Å². The Morgan fingerprint density at radius 1 is 1.24 bits per heavy atom. The molecule has 6 nitrogen and oxygen atoms in total. The van der Waals surface area contributed by atoms with E-state index in [0.717, 1.165) is 24.1 Å². The first-order valence-corrected chi connectivity index (χ1v) is 7.64. The lowest BCUT2D eigenvalue weighted by atomic mass is 10.1. The summed E-state index contributed by atoms with van der Waals surface area (Å²) in [5.41, 5.74) is 10.5. The molecule has 1 aliphatic carbocycles. The fourth-order valence-electron chi connectivity index (χ4n) is 2.74. The van der Waals surface area contributed by atoms with Crippen molar-refractivity contribution in [2.75, 3.05) is 0 Å². The Morgan fingerprint density at radius 2 is 1.88 bits per heavy atom. The summed E-state index contributed by atoms with van der Waals surface area (Å²) < 4.78 is 15.3. The molecule has 0 spiro atoms. The lowest BCUT2D eigenvalue weighted by molar-refractivity contribution is -0.134. The van der Waals surface area contributed by atoms with Gasteiger partial charge in [0.25, 0.3) is 0 Å². The summed E-state index contributed by atoms with van der Waals surface area (Å²) in [5.74, 6) is -2.67. The Labute approximate surface area is 144 Å². The number of hydrogen-bond acceptors (Lipinski definition) is 3. The molecule has 0 aliphatic heterocycles. The van der Waals surface area contributed by atoms with Gasteiger partial charge in [0.15, 0.2) is 0 Å². The molecule has 0 fully saturated rings. The van der Waals surface area contributed by atoms with Crippen LogP contribution in [0.5, 0.6) is 0 Å². The summed E-state index contributed by atoms with van der Waals surface area (Å²) in [6, 6.07) is 7.25. The number of nitrogens with zero attached hydrogens (tertiary/aromatic N) is 1. The number of halogens is 1. The first-order chi connectivity index (χ1) is 11.8. The van der Waals surface area contributed by atoms with Crippen LogP contribution in [-0.4, -0.2) is 32.8 Å². The van der Waals surface area contributed by atoms with Crippen molar-refractivity contribution in [2.45, 2.75) is 25.9 Å². The van der Waals surface area contributed by atoms with Gasteiger partial charge in [-0.25, -0.2) is 14.0 Å². The molecular weight excluding hydrogens is 327 g/mol. The molecule has 0 amide bonds. The van der Waals surface area contributed by atoms with Crippen molar-refractivity contribution in [2.24, 2.45) is 5.73 Å². The predicted molar refractivity (Wildman–Crippen MR) is 90.7 cm³/mol. The zero-order chi connectivity index (χ0) is 18.6. The number of benzene rings is 1. The van der Waals surface area contributed by atoms with Gasteiger partial charge in [0.1, 0.15) is 5.82 Å². The van der Waals surface area contributed by atoms with Crippen LogP contribution >= 0.6 is 0 Å². The average molecular weight is 346 g/mol. The number of rotatable bonds is 4. The van der Waals surface area contributed by atoms with Gasteiger partial charge in [-0.15, -0.1) is 0 Å². The lowest BCUT2D eigenvalue weighted by Gasteiger charge is -2.11. The number of nitrogens with two attached hydrogens (primary N) is 1. The van der Waals surface area contributed by atoms with Gasteiger partial charge in [-0.3, -0.25) is 0 Å². The number of fused-ring (bicyclic) bond motifs is 3. The van der Waals surface area contributed by atoms with Gasteiger partial charge < -0.3 is 20.5 Å². The third kappa shape index (κ3) is 4.77. The van der Waals surface area contributed by atoms with Gasteiger partial charge in [0.2, 0.25) is 0 Å². The second kappa shape index (κ2) is 7.76. The minimum absolute atomic E-state index is 0.121. The van der Waals surface area contributed by atoms with Crippen LogP contribution in [0.25, 0.3) is 11.3 Å². The maximum Gasteiger partial charge on any atom is 0.328 e. The highest BCUT2D eigenvalue weighted by Crippen LogP contribution is 2.37. The molecule has 4 N–H and O–H groups in total. The highest BCUT2D eigenvalue weighted by atomic mass is 19.1. The van der Waals surface area contributed by atoms with Gasteiger partial charge in [-0.2, -0.15) is 0 Å². The predicted octanol–water partition coefficient (Wildman–Crippen LogP) is 2.26. The van der Waals surface area contributed by atoms with Crippen molar-refractivity contribution in [1.82, 2.24) is 4.57 Å². The molecule has 1 heterocycles. The number of aromatic nitrogens is 1. The van der Waals surface area contributed by atoms with Crippen LogP contribution in [0, 0.1) is 5.82 Å². The summed E-state index contributed by atoms with van der Waals surface area (Å²) in [7, 11) is 0. The van der Waals surface area contributed by atoms with Crippen LogP contribution in [0.1, 0.15) is 18.1 Å². The number of carboxylic acid groups (broad SMARTS) is 2. The van der Waals surface area contributed by atoms with Crippen LogP contribution in [0.2, 0.25) is 0 Å². The van der Waals surface area contributed by atoms with E-state index in [4.69, 9.17) is 15.9 Å². The summed E-state index contributed by atoms with van der Waals surface area (Å²) in [6.07, 6.45) is 4.01. The van der Waals surface area contributed by atoms with Crippen LogP contribution in [0.4, 0.5) is 4.39 Å². The van der Waals surface area contributed by atoms with E-state index in [1.54, 1.807) is 6.07 Å². The molecule has 1 aromatic heterocycles. The molecule has 0 saturated heterocycles. The smallest absolute Gasteiger partial charge is 0.328 e. The van der Waals surface area contributed by atoms with E-state index in [-0.39, 0.29) is 11.9 Å². The molecule has 7 heteroatoms. The summed E-state index contributed by atoms with van der Waals surface area (Å²) >= 11 is 0. The largest absolute Gasteiger partial charge is 0.478 e. The van der Waals surface area contributed by atoms with Crippen molar-refractivity contribution in [3.8, 4) is 11.3 Å². The SMILES string of the molecule is CC(N)Cn1ccc2c1-c1ccc(F)cc1C2.O=C(O)C=CC(=O)O. The fraction of sp³-hybridized carbons (Fsp3) is 0.222. The standard InChI is InChI=1S/C14H15FN2.C4H4O4/c1-9(16)8-17-5-4-10-6-11-7-12(15)2-3-13(11)14(10)17;5-3(6)1-2-4(7)8/h2-5,7,9H,6,8,16H2,1H3;1-2H,(H,5,6)(H,7,8). The molecule has 25 heavy (non-hydrogen) atoms. The Kier molecular flexibility index (Phi) is 5.71. The summed E-state index contributed by atoms with van der Waals surface area (Å²) in [6.45, 7) is 2.79. The van der Waals surface area contributed by atoms with E-state index in [1.807, 2.05) is 13.0 Å². The Balaban J connectivity index is 0.000000242. The minimum atomic E-state index is -1.26. The maximum atomic E-state index is 13.2. The zero-order valence-corrected chi connectivity index (χ0v) is 13.6. The summed E-state index contributed by atoms with van der Waals surface area (Å²) in [4.78, 5) is 19.1. The average Bonchev–Trinajstić information content (AvgIpc) is 3.04. The normalized spacial score (nSPS) is 12.9. The Hall–Kier alpha value is -2.93. The van der Waals surface area contributed by atoms with Gasteiger partial charge >= 0.3 is 11.9 Å². The third-order valence-corrected chi connectivity index (χ3v) is 3.60. The van der Waals surface area contributed by atoms with Crippen molar-refractivity contribution >= 4 is 11.9 Å². The van der Waals surface area contributed by atoms with Crippen LogP contribution in [0.15, 0.2) is 42.6 Å².